The predicted molar refractivity (Wildman–Crippen MR) is 85.9 cm³/mol. The van der Waals surface area contributed by atoms with Crippen molar-refractivity contribution >= 4 is 6.03 Å². The number of phenols is 1. The van der Waals surface area contributed by atoms with E-state index < -0.39 is 5.60 Å². The Bertz CT molecular complexity index is 481. The minimum absolute atomic E-state index is 0.133. The lowest BCUT2D eigenvalue weighted by atomic mass is 10.0. The van der Waals surface area contributed by atoms with Gasteiger partial charge >= 0.3 is 6.03 Å². The zero-order chi connectivity index (χ0) is 16.0. The number of carbonyl (C=O) groups is 1. The summed E-state index contributed by atoms with van der Waals surface area (Å²) in [6.45, 7) is 0.999. The van der Waals surface area contributed by atoms with Crippen molar-refractivity contribution < 1.29 is 15.0 Å². The molecule has 3 N–H and O–H groups in total. The van der Waals surface area contributed by atoms with Gasteiger partial charge in [0.2, 0.25) is 0 Å². The van der Waals surface area contributed by atoms with Crippen molar-refractivity contribution in [2.45, 2.75) is 44.1 Å². The molecule has 1 aliphatic rings. The molecule has 1 fully saturated rings. The molecule has 1 saturated carbocycles. The highest BCUT2D eigenvalue weighted by atomic mass is 16.3. The maximum atomic E-state index is 12.0. The van der Waals surface area contributed by atoms with Crippen LogP contribution in [-0.4, -0.2) is 46.9 Å². The summed E-state index contributed by atoms with van der Waals surface area (Å²) in [4.78, 5) is 13.6. The highest BCUT2D eigenvalue weighted by molar-refractivity contribution is 5.73. The van der Waals surface area contributed by atoms with E-state index in [4.69, 9.17) is 0 Å². The van der Waals surface area contributed by atoms with Crippen molar-refractivity contribution in [2.75, 3.05) is 20.1 Å². The van der Waals surface area contributed by atoms with Gasteiger partial charge in [0.05, 0.1) is 12.1 Å². The van der Waals surface area contributed by atoms with Gasteiger partial charge in [0.1, 0.15) is 5.75 Å². The van der Waals surface area contributed by atoms with E-state index in [1.165, 1.54) is 0 Å². The lowest BCUT2D eigenvalue weighted by Gasteiger charge is -2.28. The van der Waals surface area contributed by atoms with Gasteiger partial charge in [0, 0.05) is 13.6 Å². The van der Waals surface area contributed by atoms with E-state index in [9.17, 15) is 15.0 Å². The van der Waals surface area contributed by atoms with Gasteiger partial charge in [-0.1, -0.05) is 25.0 Å². The maximum absolute atomic E-state index is 12.0. The smallest absolute Gasteiger partial charge is 0.317 e. The molecule has 0 heterocycles. The van der Waals surface area contributed by atoms with Gasteiger partial charge in [-0.05, 0) is 43.4 Å². The van der Waals surface area contributed by atoms with Crippen molar-refractivity contribution in [2.24, 2.45) is 0 Å². The molecule has 0 radical (unpaired) electrons. The average Bonchev–Trinajstić information content (AvgIpc) is 2.91. The lowest BCUT2D eigenvalue weighted by Crippen LogP contribution is -2.46. The number of carbonyl (C=O) groups excluding carboxylic acids is 1. The molecule has 0 unspecified atom stereocenters. The normalized spacial score (nSPS) is 16.5. The van der Waals surface area contributed by atoms with E-state index in [1.807, 2.05) is 12.1 Å². The second-order valence-electron chi connectivity index (χ2n) is 6.29. The Labute approximate surface area is 131 Å². The fourth-order valence-corrected chi connectivity index (χ4v) is 2.99. The van der Waals surface area contributed by atoms with Crippen LogP contribution < -0.4 is 5.32 Å². The highest BCUT2D eigenvalue weighted by Gasteiger charge is 2.33. The summed E-state index contributed by atoms with van der Waals surface area (Å²) in [7, 11) is 1.73. The van der Waals surface area contributed by atoms with Gasteiger partial charge < -0.3 is 20.4 Å². The molecule has 1 aromatic carbocycles. The van der Waals surface area contributed by atoms with Gasteiger partial charge in [0.15, 0.2) is 0 Å². The average molecular weight is 306 g/mol. The number of aromatic hydroxyl groups is 1. The minimum Gasteiger partial charge on any atom is -0.508 e. The van der Waals surface area contributed by atoms with Crippen LogP contribution in [0.5, 0.6) is 5.75 Å². The number of rotatable bonds is 6. The van der Waals surface area contributed by atoms with Gasteiger partial charge in [-0.2, -0.15) is 0 Å². The number of hydrogen-bond acceptors (Lipinski definition) is 3. The second kappa shape index (κ2) is 7.49. The number of nitrogens with one attached hydrogen (secondary N) is 1. The number of aliphatic hydroxyl groups is 1. The fourth-order valence-electron chi connectivity index (χ4n) is 2.99. The van der Waals surface area contributed by atoms with Crippen LogP contribution in [0.2, 0.25) is 0 Å². The second-order valence-corrected chi connectivity index (χ2v) is 6.29. The van der Waals surface area contributed by atoms with E-state index in [-0.39, 0.29) is 11.8 Å². The molecule has 5 heteroatoms. The molecule has 0 atom stereocenters. The van der Waals surface area contributed by atoms with Crippen LogP contribution in [0.4, 0.5) is 4.79 Å². The van der Waals surface area contributed by atoms with Crippen molar-refractivity contribution in [1.82, 2.24) is 10.2 Å². The summed E-state index contributed by atoms with van der Waals surface area (Å²) >= 11 is 0. The van der Waals surface area contributed by atoms with Crippen LogP contribution in [-0.2, 0) is 6.42 Å². The van der Waals surface area contributed by atoms with E-state index in [0.717, 1.165) is 44.1 Å². The number of phenolic OH excluding ortho intramolecular Hbond substituents is 1. The topological polar surface area (TPSA) is 72.8 Å². The molecule has 1 aromatic rings. The standard InChI is InChI=1S/C17H26N2O3/c1-19(13-17(22)10-2-3-11-17)16(21)18-12-4-5-14-6-8-15(20)9-7-14/h6-9,20,22H,2-5,10-13H2,1H3,(H,18,21). The largest absolute Gasteiger partial charge is 0.508 e. The molecular weight excluding hydrogens is 280 g/mol. The zero-order valence-electron chi connectivity index (χ0n) is 13.2. The fraction of sp³-hybridized carbons (Fsp3) is 0.588. The third-order valence-electron chi connectivity index (χ3n) is 4.27. The summed E-state index contributed by atoms with van der Waals surface area (Å²) < 4.78 is 0. The van der Waals surface area contributed by atoms with E-state index in [0.29, 0.717) is 13.1 Å². The van der Waals surface area contributed by atoms with E-state index >= 15 is 0 Å². The SMILES string of the molecule is CN(CC1(O)CCCC1)C(=O)NCCCc1ccc(O)cc1. The summed E-state index contributed by atoms with van der Waals surface area (Å²) in [5.41, 5.74) is 0.443. The van der Waals surface area contributed by atoms with E-state index in [2.05, 4.69) is 5.32 Å². The minimum atomic E-state index is -0.696. The van der Waals surface area contributed by atoms with Gasteiger partial charge in [-0.15, -0.1) is 0 Å². The van der Waals surface area contributed by atoms with Crippen LogP contribution >= 0.6 is 0 Å². The van der Waals surface area contributed by atoms with Crippen LogP contribution in [0.1, 0.15) is 37.7 Å². The molecule has 2 amide bonds. The highest BCUT2D eigenvalue weighted by Crippen LogP contribution is 2.29. The van der Waals surface area contributed by atoms with Crippen LogP contribution in [0, 0.1) is 0 Å². The van der Waals surface area contributed by atoms with E-state index in [1.54, 1.807) is 24.1 Å². The molecule has 0 bridgehead atoms. The number of amides is 2. The summed E-state index contributed by atoms with van der Waals surface area (Å²) in [6, 6.07) is 6.98. The lowest BCUT2D eigenvalue weighted by molar-refractivity contribution is 0.0247. The van der Waals surface area contributed by atoms with Crippen LogP contribution in [0.25, 0.3) is 0 Å². The monoisotopic (exact) mass is 306 g/mol. The van der Waals surface area contributed by atoms with Gasteiger partial charge in [-0.25, -0.2) is 4.79 Å². The Morgan fingerprint density at radius 2 is 1.91 bits per heavy atom. The first-order chi connectivity index (χ1) is 10.5. The van der Waals surface area contributed by atoms with Crippen molar-refractivity contribution in [1.29, 1.82) is 0 Å². The molecule has 22 heavy (non-hydrogen) atoms. The number of aryl methyl sites for hydroxylation is 1. The van der Waals surface area contributed by atoms with Crippen molar-refractivity contribution in [3.05, 3.63) is 29.8 Å². The first-order valence-electron chi connectivity index (χ1n) is 7.98. The zero-order valence-corrected chi connectivity index (χ0v) is 13.2. The molecule has 0 spiro atoms. The van der Waals surface area contributed by atoms with Crippen molar-refractivity contribution in [3.8, 4) is 5.75 Å². The molecule has 122 valence electrons. The van der Waals surface area contributed by atoms with Crippen molar-refractivity contribution in [3.63, 3.8) is 0 Å². The van der Waals surface area contributed by atoms with Gasteiger partial charge in [-0.3, -0.25) is 0 Å². The van der Waals surface area contributed by atoms with Gasteiger partial charge in [0.25, 0.3) is 0 Å². The van der Waals surface area contributed by atoms with Crippen LogP contribution in [0.15, 0.2) is 24.3 Å². The first-order valence-corrected chi connectivity index (χ1v) is 7.98. The maximum Gasteiger partial charge on any atom is 0.317 e. The third-order valence-corrected chi connectivity index (χ3v) is 4.27. The molecule has 0 aliphatic heterocycles. The Kier molecular flexibility index (Phi) is 5.66. The Morgan fingerprint density at radius 3 is 2.55 bits per heavy atom. The summed E-state index contributed by atoms with van der Waals surface area (Å²) in [6.07, 6.45) is 5.34. The number of nitrogens with zero attached hydrogens (tertiary/aromatic N) is 1. The number of benzene rings is 1. The molecule has 5 nitrogen and oxygen atoms in total. The quantitative estimate of drug-likeness (QED) is 0.706. The van der Waals surface area contributed by atoms with Crippen LogP contribution in [0.3, 0.4) is 0 Å². The number of urea groups is 1. The molecule has 0 aromatic heterocycles. The molecule has 1 aliphatic carbocycles. The summed E-state index contributed by atoms with van der Waals surface area (Å²) in [5.74, 6) is 0.267. The predicted octanol–water partition coefficient (Wildman–Crippen LogP) is 2.27. The Hall–Kier alpha value is -1.75. The third kappa shape index (κ3) is 4.91. The first kappa shape index (κ1) is 16.6. The Balaban J connectivity index is 1.65. The number of likely N-dealkylation sites (N-methyl/N-ethyl adjacent to an activating group) is 1. The summed E-state index contributed by atoms with van der Waals surface area (Å²) in [5, 5.41) is 22.4. The molecule has 0 saturated heterocycles. The molecular formula is C17H26N2O3. The number of hydrogen-bond donors (Lipinski definition) is 3. The Morgan fingerprint density at radius 1 is 1.27 bits per heavy atom. The molecule has 2 rings (SSSR count).